The second kappa shape index (κ2) is 5.74. The zero-order valence-electron chi connectivity index (χ0n) is 10.7. The highest BCUT2D eigenvalue weighted by Gasteiger charge is 2.32. The zero-order chi connectivity index (χ0) is 12.2. The van der Waals surface area contributed by atoms with Gasteiger partial charge in [-0.3, -0.25) is 0 Å². The molecule has 2 atom stereocenters. The maximum atomic E-state index is 4.03. The molecule has 0 heterocycles. The highest BCUT2D eigenvalue weighted by molar-refractivity contribution is 8.01. The van der Waals surface area contributed by atoms with E-state index in [2.05, 4.69) is 68.9 Å². The van der Waals surface area contributed by atoms with Crippen LogP contribution in [0.4, 0.5) is 0 Å². The molecular formula is C14H22SSi. The van der Waals surface area contributed by atoms with Gasteiger partial charge < -0.3 is 0 Å². The van der Waals surface area contributed by atoms with Crippen LogP contribution in [0.5, 0.6) is 0 Å². The lowest BCUT2D eigenvalue weighted by atomic mass is 10.0. The molecule has 0 aliphatic rings. The van der Waals surface area contributed by atoms with Crippen LogP contribution in [0.3, 0.4) is 0 Å². The van der Waals surface area contributed by atoms with Crippen molar-refractivity contribution in [3.63, 3.8) is 0 Å². The lowest BCUT2D eigenvalue weighted by Gasteiger charge is -2.33. The molecule has 0 aliphatic heterocycles. The molecule has 0 amide bonds. The van der Waals surface area contributed by atoms with Crippen molar-refractivity contribution < 1.29 is 0 Å². The Bertz CT molecular complexity index is 326. The van der Waals surface area contributed by atoms with Crippen LogP contribution in [0.2, 0.25) is 19.6 Å². The Hall–Kier alpha value is -0.473. The molecule has 88 valence electrons. The lowest BCUT2D eigenvalue weighted by molar-refractivity contribution is 0.912. The maximum Gasteiger partial charge on any atom is 0.0599 e. The molecule has 2 heteroatoms. The van der Waals surface area contributed by atoms with Gasteiger partial charge in [-0.15, -0.1) is 6.58 Å². The summed E-state index contributed by atoms with van der Waals surface area (Å²) in [7, 11) is -1.16. The summed E-state index contributed by atoms with van der Waals surface area (Å²) in [6, 6.07) is 10.7. The molecule has 0 fully saturated rings. The summed E-state index contributed by atoms with van der Waals surface area (Å²) >= 11 is 1.99. The normalized spacial score (nSPS) is 15.5. The summed E-state index contributed by atoms with van der Waals surface area (Å²) in [5.74, 6) is 0.489. The van der Waals surface area contributed by atoms with Crippen LogP contribution in [-0.2, 0) is 0 Å². The van der Waals surface area contributed by atoms with Gasteiger partial charge in [-0.05, 0) is 11.8 Å². The van der Waals surface area contributed by atoms with Crippen molar-refractivity contribution in [1.82, 2.24) is 0 Å². The quantitative estimate of drug-likeness (QED) is 0.545. The number of hydrogen-bond donors (Lipinski definition) is 0. The van der Waals surface area contributed by atoms with Crippen molar-refractivity contribution in [2.24, 2.45) is 0 Å². The van der Waals surface area contributed by atoms with Crippen LogP contribution in [-0.4, -0.2) is 19.2 Å². The molecule has 16 heavy (non-hydrogen) atoms. The fraction of sp³-hybridized carbons (Fsp3) is 0.429. The highest BCUT2D eigenvalue weighted by Crippen LogP contribution is 2.34. The van der Waals surface area contributed by atoms with Gasteiger partial charge in [0.25, 0.3) is 0 Å². The first-order chi connectivity index (χ1) is 7.50. The van der Waals surface area contributed by atoms with Crippen LogP contribution in [0.25, 0.3) is 0 Å². The van der Waals surface area contributed by atoms with Gasteiger partial charge >= 0.3 is 0 Å². The van der Waals surface area contributed by atoms with Gasteiger partial charge in [0.1, 0.15) is 0 Å². The first kappa shape index (κ1) is 13.6. The van der Waals surface area contributed by atoms with Crippen LogP contribution >= 0.6 is 11.8 Å². The predicted molar refractivity (Wildman–Crippen MR) is 80.0 cm³/mol. The Morgan fingerprint density at radius 3 is 2.12 bits per heavy atom. The van der Waals surface area contributed by atoms with Crippen molar-refractivity contribution >= 4 is 19.8 Å². The van der Waals surface area contributed by atoms with Crippen LogP contribution in [0.15, 0.2) is 43.0 Å². The van der Waals surface area contributed by atoms with E-state index in [0.717, 1.165) is 0 Å². The third-order valence-electron chi connectivity index (χ3n) is 2.87. The van der Waals surface area contributed by atoms with E-state index in [4.69, 9.17) is 0 Å². The molecule has 0 radical (unpaired) electrons. The SMILES string of the molecule is C=C[C@@H](c1ccccc1)[C@H](SC)[Si](C)(C)C. The zero-order valence-corrected chi connectivity index (χ0v) is 12.6. The molecule has 1 aromatic rings. The number of hydrogen-bond acceptors (Lipinski definition) is 1. The van der Waals surface area contributed by atoms with Gasteiger partial charge in [0.2, 0.25) is 0 Å². The molecule has 0 aromatic heterocycles. The van der Waals surface area contributed by atoms with Gasteiger partial charge in [0.05, 0.1) is 8.07 Å². The number of benzene rings is 1. The topological polar surface area (TPSA) is 0 Å². The molecule has 1 aromatic carbocycles. The Kier molecular flexibility index (Phi) is 4.87. The van der Waals surface area contributed by atoms with Crippen LogP contribution in [0, 0.1) is 0 Å². The van der Waals surface area contributed by atoms with Gasteiger partial charge in [-0.1, -0.05) is 56.0 Å². The van der Waals surface area contributed by atoms with E-state index >= 15 is 0 Å². The summed E-state index contributed by atoms with van der Waals surface area (Å²) in [6.07, 6.45) is 4.34. The average molecular weight is 250 g/mol. The van der Waals surface area contributed by atoms with Gasteiger partial charge in [-0.2, -0.15) is 11.8 Å². The van der Waals surface area contributed by atoms with Gasteiger partial charge in [-0.25, -0.2) is 0 Å². The smallest absolute Gasteiger partial charge is 0.0599 e. The molecule has 0 saturated heterocycles. The molecule has 0 saturated carbocycles. The third-order valence-corrected chi connectivity index (χ3v) is 8.57. The second-order valence-corrected chi connectivity index (χ2v) is 11.9. The Morgan fingerprint density at radius 2 is 1.75 bits per heavy atom. The van der Waals surface area contributed by atoms with E-state index in [1.54, 1.807) is 0 Å². The average Bonchev–Trinajstić information content (AvgIpc) is 2.25. The lowest BCUT2D eigenvalue weighted by Crippen LogP contribution is -2.39. The summed E-state index contributed by atoms with van der Waals surface area (Å²) in [5, 5.41) is 0. The van der Waals surface area contributed by atoms with Crippen molar-refractivity contribution in [1.29, 1.82) is 0 Å². The summed E-state index contributed by atoms with van der Waals surface area (Å²) in [4.78, 5) is 0.701. The maximum absolute atomic E-state index is 4.03. The van der Waals surface area contributed by atoms with E-state index in [9.17, 15) is 0 Å². The number of thioether (sulfide) groups is 1. The Labute approximate surface area is 105 Å². The summed E-state index contributed by atoms with van der Waals surface area (Å²) in [6.45, 7) is 11.3. The van der Waals surface area contributed by atoms with E-state index in [0.29, 0.717) is 10.8 Å². The minimum Gasteiger partial charge on any atom is -0.164 e. The largest absolute Gasteiger partial charge is 0.164 e. The van der Waals surface area contributed by atoms with Crippen molar-refractivity contribution in [2.45, 2.75) is 30.4 Å². The van der Waals surface area contributed by atoms with E-state index < -0.39 is 8.07 Å². The van der Waals surface area contributed by atoms with Crippen molar-refractivity contribution in [3.8, 4) is 0 Å². The number of rotatable bonds is 5. The first-order valence-electron chi connectivity index (χ1n) is 5.71. The molecule has 0 N–H and O–H groups in total. The summed E-state index contributed by atoms with van der Waals surface area (Å²) < 4.78 is 0. The molecular weight excluding hydrogens is 228 g/mol. The van der Waals surface area contributed by atoms with E-state index in [-0.39, 0.29) is 0 Å². The first-order valence-corrected chi connectivity index (χ1v) is 10.6. The van der Waals surface area contributed by atoms with Crippen molar-refractivity contribution in [3.05, 3.63) is 48.6 Å². The monoisotopic (exact) mass is 250 g/mol. The van der Waals surface area contributed by atoms with Crippen LogP contribution < -0.4 is 0 Å². The summed E-state index contributed by atoms with van der Waals surface area (Å²) in [5.41, 5.74) is 1.40. The number of allylic oxidation sites excluding steroid dienone is 1. The fourth-order valence-corrected chi connectivity index (χ4v) is 6.94. The highest BCUT2D eigenvalue weighted by atomic mass is 32.2. The van der Waals surface area contributed by atoms with E-state index in [1.807, 2.05) is 11.8 Å². The Balaban J connectivity index is 3.02. The molecule has 1 rings (SSSR count). The molecule has 0 nitrogen and oxygen atoms in total. The standard InChI is InChI=1S/C14H22SSi/c1-6-13(12-10-8-7-9-11-12)14(15-2)16(3,4)5/h6-11,13-14H,1H2,2-5H3/t13-,14+/m0/s1. The van der Waals surface area contributed by atoms with Crippen molar-refractivity contribution in [2.75, 3.05) is 6.26 Å². The Morgan fingerprint density at radius 1 is 1.19 bits per heavy atom. The molecule has 0 spiro atoms. The molecule has 0 bridgehead atoms. The molecule has 0 aliphatic carbocycles. The second-order valence-electron chi connectivity index (χ2n) is 5.19. The fourth-order valence-electron chi connectivity index (χ4n) is 2.15. The minimum atomic E-state index is -1.16. The van der Waals surface area contributed by atoms with E-state index in [1.165, 1.54) is 5.56 Å². The van der Waals surface area contributed by atoms with Crippen LogP contribution in [0.1, 0.15) is 11.5 Å². The third kappa shape index (κ3) is 3.26. The van der Waals surface area contributed by atoms with Gasteiger partial charge in [0.15, 0.2) is 0 Å². The minimum absolute atomic E-state index is 0.489. The predicted octanol–water partition coefficient (Wildman–Crippen LogP) is 4.57. The molecule has 0 unspecified atom stereocenters. The van der Waals surface area contributed by atoms with Gasteiger partial charge in [0, 0.05) is 10.8 Å².